The van der Waals surface area contributed by atoms with Crippen molar-refractivity contribution in [3.05, 3.63) is 35.9 Å². The molecule has 1 aliphatic heterocycles. The number of piperidine rings is 1. The fourth-order valence-corrected chi connectivity index (χ4v) is 3.42. The Kier molecular flexibility index (Phi) is 5.08. The van der Waals surface area contributed by atoms with Gasteiger partial charge in [-0.3, -0.25) is 19.3 Å². The summed E-state index contributed by atoms with van der Waals surface area (Å²) < 4.78 is 9.66. The highest BCUT2D eigenvalue weighted by atomic mass is 16.5. The number of nitrogens with zero attached hydrogens (tertiary/aromatic N) is 1. The predicted molar refractivity (Wildman–Crippen MR) is 87.0 cm³/mol. The van der Waals surface area contributed by atoms with Crippen LogP contribution in [0.25, 0.3) is 0 Å². The number of esters is 2. The van der Waals surface area contributed by atoms with Gasteiger partial charge in [-0.05, 0) is 19.4 Å². The van der Waals surface area contributed by atoms with Crippen molar-refractivity contribution in [1.82, 2.24) is 4.90 Å². The van der Waals surface area contributed by atoms with Gasteiger partial charge in [0.15, 0.2) is 5.78 Å². The van der Waals surface area contributed by atoms with Gasteiger partial charge in [0, 0.05) is 19.6 Å². The second-order valence-electron chi connectivity index (χ2n) is 6.61. The van der Waals surface area contributed by atoms with Gasteiger partial charge in [0.05, 0.1) is 14.2 Å². The van der Waals surface area contributed by atoms with Gasteiger partial charge in [0.25, 0.3) is 0 Å². The summed E-state index contributed by atoms with van der Waals surface area (Å²) in [7, 11) is 2.49. The molecule has 0 aromatic heterocycles. The summed E-state index contributed by atoms with van der Waals surface area (Å²) in [5.41, 5.74) is -1.79. The maximum Gasteiger partial charge on any atom is 0.320 e. The molecule has 6 nitrogen and oxygen atoms in total. The molecular formula is C18H23NO5. The van der Waals surface area contributed by atoms with E-state index >= 15 is 0 Å². The summed E-state index contributed by atoms with van der Waals surface area (Å²) in [6.45, 7) is 3.96. The van der Waals surface area contributed by atoms with Crippen LogP contribution < -0.4 is 0 Å². The van der Waals surface area contributed by atoms with E-state index in [4.69, 9.17) is 9.47 Å². The molecule has 2 unspecified atom stereocenters. The highest BCUT2D eigenvalue weighted by Gasteiger charge is 2.59. The number of ether oxygens (including phenoxy) is 2. The number of carbonyl (C=O) groups excluding carboxylic acids is 3. The van der Waals surface area contributed by atoms with Gasteiger partial charge < -0.3 is 9.47 Å². The molecule has 0 N–H and O–H groups in total. The van der Waals surface area contributed by atoms with Crippen molar-refractivity contribution in [2.45, 2.75) is 20.4 Å². The zero-order valence-electron chi connectivity index (χ0n) is 14.5. The van der Waals surface area contributed by atoms with Crippen molar-refractivity contribution < 1.29 is 23.9 Å². The van der Waals surface area contributed by atoms with Crippen molar-refractivity contribution in [1.29, 1.82) is 0 Å². The highest BCUT2D eigenvalue weighted by molar-refractivity contribution is 6.15. The first-order valence-corrected chi connectivity index (χ1v) is 7.76. The second-order valence-corrected chi connectivity index (χ2v) is 6.61. The van der Waals surface area contributed by atoms with Crippen LogP contribution in [0.5, 0.6) is 0 Å². The molecule has 0 saturated carbocycles. The maximum atomic E-state index is 12.9. The Labute approximate surface area is 141 Å². The van der Waals surface area contributed by atoms with E-state index < -0.39 is 28.6 Å². The number of rotatable bonds is 4. The normalized spacial score (nSPS) is 27.6. The van der Waals surface area contributed by atoms with Gasteiger partial charge in [0.1, 0.15) is 10.8 Å². The van der Waals surface area contributed by atoms with E-state index in [1.165, 1.54) is 28.1 Å². The van der Waals surface area contributed by atoms with Crippen molar-refractivity contribution >= 4 is 17.7 Å². The lowest BCUT2D eigenvalue weighted by molar-refractivity contribution is -0.175. The van der Waals surface area contributed by atoms with Crippen molar-refractivity contribution in [3.63, 3.8) is 0 Å². The third-order valence-corrected chi connectivity index (χ3v) is 4.60. The van der Waals surface area contributed by atoms with Gasteiger partial charge in [0.2, 0.25) is 0 Å². The molecule has 1 fully saturated rings. The highest BCUT2D eigenvalue weighted by Crippen LogP contribution is 2.39. The first-order chi connectivity index (χ1) is 11.3. The number of hydrogen-bond acceptors (Lipinski definition) is 6. The SMILES string of the molecule is COC(=O)C1(C)CN(Cc2ccccc2)CC(C)(C(=O)OC)C1=O. The minimum absolute atomic E-state index is 0.194. The molecule has 0 spiro atoms. The Hall–Kier alpha value is -2.21. The lowest BCUT2D eigenvalue weighted by atomic mass is 9.67. The first-order valence-electron chi connectivity index (χ1n) is 7.76. The topological polar surface area (TPSA) is 72.9 Å². The van der Waals surface area contributed by atoms with Crippen LogP contribution in [-0.2, 0) is 30.4 Å². The van der Waals surface area contributed by atoms with Crippen molar-refractivity contribution in [2.75, 3.05) is 27.3 Å². The van der Waals surface area contributed by atoms with Crippen LogP contribution in [0.4, 0.5) is 0 Å². The lowest BCUT2D eigenvalue weighted by Gasteiger charge is -2.45. The molecule has 1 aromatic carbocycles. The first kappa shape index (κ1) is 18.1. The summed E-state index contributed by atoms with van der Waals surface area (Å²) in [6, 6.07) is 9.68. The van der Waals surface area contributed by atoms with Crippen LogP contribution in [0.15, 0.2) is 30.3 Å². The smallest absolute Gasteiger partial charge is 0.320 e. The molecule has 24 heavy (non-hydrogen) atoms. The monoisotopic (exact) mass is 333 g/mol. The molecule has 1 aromatic rings. The Balaban J connectivity index is 2.39. The second kappa shape index (κ2) is 6.73. The fraction of sp³-hybridized carbons (Fsp3) is 0.500. The van der Waals surface area contributed by atoms with Gasteiger partial charge in [-0.2, -0.15) is 0 Å². The molecule has 1 heterocycles. The molecule has 1 saturated heterocycles. The zero-order valence-corrected chi connectivity index (χ0v) is 14.5. The number of hydrogen-bond donors (Lipinski definition) is 0. The average molecular weight is 333 g/mol. The summed E-state index contributed by atoms with van der Waals surface area (Å²) >= 11 is 0. The van der Waals surface area contributed by atoms with Crippen LogP contribution in [0.3, 0.4) is 0 Å². The van der Waals surface area contributed by atoms with Crippen LogP contribution in [0, 0.1) is 10.8 Å². The number of Topliss-reactive ketones (excluding diaryl/α,β-unsaturated/α-hetero) is 1. The molecule has 0 bridgehead atoms. The van der Waals surface area contributed by atoms with Crippen LogP contribution >= 0.6 is 0 Å². The molecule has 0 aliphatic carbocycles. The van der Waals surface area contributed by atoms with Gasteiger partial charge >= 0.3 is 11.9 Å². The van der Waals surface area contributed by atoms with E-state index in [1.807, 2.05) is 35.2 Å². The molecule has 0 amide bonds. The average Bonchev–Trinajstić information content (AvgIpc) is 2.58. The molecule has 1 aliphatic rings. The molecule has 2 rings (SSSR count). The van der Waals surface area contributed by atoms with E-state index in [0.717, 1.165) is 5.56 Å². The number of ketones is 1. The fourth-order valence-electron chi connectivity index (χ4n) is 3.42. The van der Waals surface area contributed by atoms with Gasteiger partial charge in [-0.25, -0.2) is 0 Å². The summed E-state index contributed by atoms with van der Waals surface area (Å²) in [4.78, 5) is 39.4. The molecular weight excluding hydrogens is 310 g/mol. The Morgan fingerprint density at radius 2 is 1.46 bits per heavy atom. The summed E-state index contributed by atoms with van der Waals surface area (Å²) in [6.07, 6.45) is 0. The maximum absolute atomic E-state index is 12.9. The molecule has 130 valence electrons. The minimum Gasteiger partial charge on any atom is -0.468 e. The number of likely N-dealkylation sites (tertiary alicyclic amines) is 1. The molecule has 2 atom stereocenters. The van der Waals surface area contributed by atoms with Crippen LogP contribution in [-0.4, -0.2) is 49.9 Å². The largest absolute Gasteiger partial charge is 0.468 e. The number of carbonyl (C=O) groups is 3. The standard InChI is InChI=1S/C18H23NO5/c1-17(15(21)23-3)11-19(10-13-8-6-5-7-9-13)12-18(2,14(17)20)16(22)24-4/h5-9H,10-12H2,1-4H3. The predicted octanol–water partition coefficient (Wildman–Crippen LogP) is 1.43. The van der Waals surface area contributed by atoms with Crippen LogP contribution in [0.1, 0.15) is 19.4 Å². The van der Waals surface area contributed by atoms with Crippen molar-refractivity contribution in [2.24, 2.45) is 10.8 Å². The summed E-state index contributed by atoms with van der Waals surface area (Å²) in [5, 5.41) is 0. The van der Waals surface area contributed by atoms with Gasteiger partial charge in [-0.1, -0.05) is 30.3 Å². The summed E-state index contributed by atoms with van der Waals surface area (Å²) in [5.74, 6) is -1.74. The lowest BCUT2D eigenvalue weighted by Crippen LogP contribution is -2.63. The third kappa shape index (κ3) is 3.06. The molecule has 0 radical (unpaired) electrons. The Bertz CT molecular complexity index is 610. The Morgan fingerprint density at radius 3 is 1.88 bits per heavy atom. The van der Waals surface area contributed by atoms with E-state index in [2.05, 4.69) is 0 Å². The van der Waals surface area contributed by atoms with E-state index in [9.17, 15) is 14.4 Å². The van der Waals surface area contributed by atoms with E-state index in [-0.39, 0.29) is 13.1 Å². The molecule has 6 heteroatoms. The zero-order chi connectivity index (χ0) is 18.0. The quantitative estimate of drug-likeness (QED) is 0.613. The van der Waals surface area contributed by atoms with Gasteiger partial charge in [-0.15, -0.1) is 0 Å². The number of methoxy groups -OCH3 is 2. The van der Waals surface area contributed by atoms with E-state index in [0.29, 0.717) is 6.54 Å². The Morgan fingerprint density at radius 1 is 1.00 bits per heavy atom. The third-order valence-electron chi connectivity index (χ3n) is 4.60. The van der Waals surface area contributed by atoms with Crippen molar-refractivity contribution in [3.8, 4) is 0 Å². The van der Waals surface area contributed by atoms with E-state index in [1.54, 1.807) is 0 Å². The number of benzene rings is 1. The van der Waals surface area contributed by atoms with Crippen LogP contribution in [0.2, 0.25) is 0 Å². The minimum atomic E-state index is -1.41.